The van der Waals surface area contributed by atoms with E-state index in [0.717, 1.165) is 54.4 Å². The molecular weight excluding hydrogens is 320 g/mol. The number of nitrogens with zero attached hydrogens (tertiary/aromatic N) is 6. The molecule has 0 amide bonds. The van der Waals surface area contributed by atoms with E-state index in [1.54, 1.807) is 18.1 Å². The molecule has 0 N–H and O–H groups in total. The number of fused-ring (bicyclic) bond motifs is 1. The van der Waals surface area contributed by atoms with Crippen LogP contribution in [0.2, 0.25) is 0 Å². The van der Waals surface area contributed by atoms with Gasteiger partial charge >= 0.3 is 0 Å². The lowest BCUT2D eigenvalue weighted by atomic mass is 10.2. The Kier molecular flexibility index (Phi) is 5.77. The van der Waals surface area contributed by atoms with Crippen LogP contribution in [0.1, 0.15) is 12.1 Å². The van der Waals surface area contributed by atoms with E-state index >= 15 is 0 Å². The van der Waals surface area contributed by atoms with Gasteiger partial charge in [0.15, 0.2) is 5.65 Å². The van der Waals surface area contributed by atoms with E-state index < -0.39 is 0 Å². The maximum Gasteiger partial charge on any atom is 0.164 e. The van der Waals surface area contributed by atoms with Crippen molar-refractivity contribution in [2.45, 2.75) is 24.4 Å². The number of rotatable bonds is 8. The fourth-order valence-electron chi connectivity index (χ4n) is 2.65. The molecule has 3 aromatic rings. The molecule has 0 aliphatic carbocycles. The second kappa shape index (κ2) is 8.21. The van der Waals surface area contributed by atoms with E-state index in [-0.39, 0.29) is 0 Å². The summed E-state index contributed by atoms with van der Waals surface area (Å²) in [5.74, 6) is 0. The average molecular weight is 342 g/mol. The molecule has 0 spiro atoms. The Morgan fingerprint density at radius 1 is 1.12 bits per heavy atom. The van der Waals surface area contributed by atoms with Gasteiger partial charge in [-0.3, -0.25) is 4.98 Å². The fourth-order valence-corrected chi connectivity index (χ4v) is 3.14. The van der Waals surface area contributed by atoms with E-state index in [4.69, 9.17) is 0 Å². The third kappa shape index (κ3) is 4.10. The van der Waals surface area contributed by atoms with E-state index in [1.807, 2.05) is 30.9 Å². The summed E-state index contributed by atoms with van der Waals surface area (Å²) in [6.45, 7) is 2.96. The Bertz CT molecular complexity index is 773. The molecule has 7 heteroatoms. The van der Waals surface area contributed by atoms with Crippen molar-refractivity contribution >= 4 is 22.9 Å². The number of likely N-dealkylation sites (N-methyl/N-ethyl adjacent to an activating group) is 1. The van der Waals surface area contributed by atoms with E-state index in [1.165, 1.54) is 0 Å². The van der Waals surface area contributed by atoms with Crippen LogP contribution in [-0.2, 0) is 13.0 Å². The van der Waals surface area contributed by atoms with Crippen LogP contribution in [0.5, 0.6) is 0 Å². The zero-order valence-corrected chi connectivity index (χ0v) is 14.9. The van der Waals surface area contributed by atoms with Gasteiger partial charge in [0.25, 0.3) is 0 Å². The molecule has 0 fully saturated rings. The predicted octanol–water partition coefficient (Wildman–Crippen LogP) is 2.51. The number of aromatic nitrogens is 5. The fraction of sp³-hybridized carbons (Fsp3) is 0.412. The molecule has 0 bridgehead atoms. The predicted molar refractivity (Wildman–Crippen MR) is 97.2 cm³/mol. The first-order chi connectivity index (χ1) is 11.8. The lowest BCUT2D eigenvalue weighted by molar-refractivity contribution is 0.325. The lowest BCUT2D eigenvalue weighted by Crippen LogP contribution is -2.23. The van der Waals surface area contributed by atoms with Gasteiger partial charge in [0.05, 0.1) is 6.33 Å². The van der Waals surface area contributed by atoms with Gasteiger partial charge in [-0.25, -0.2) is 15.0 Å². The van der Waals surface area contributed by atoms with Crippen molar-refractivity contribution < 1.29 is 0 Å². The molecule has 3 rings (SSSR count). The van der Waals surface area contributed by atoms with Crippen LogP contribution < -0.4 is 0 Å². The first-order valence-electron chi connectivity index (χ1n) is 8.06. The largest absolute Gasteiger partial charge is 0.315 e. The summed E-state index contributed by atoms with van der Waals surface area (Å²) in [6, 6.07) is 6.07. The highest BCUT2D eigenvalue weighted by Crippen LogP contribution is 2.20. The standard InChI is InChI=1S/C17H22N6S/c1-22(11-7-14-6-3-4-8-18-14)9-5-10-23-13-21-15-16(23)19-12-20-17(15)24-2/h3-4,6,8,12-13H,5,7,9-11H2,1-2H3. The van der Waals surface area contributed by atoms with Gasteiger partial charge in [-0.05, 0) is 38.4 Å². The Morgan fingerprint density at radius 2 is 2.04 bits per heavy atom. The molecule has 0 unspecified atom stereocenters. The topological polar surface area (TPSA) is 59.7 Å². The van der Waals surface area contributed by atoms with Gasteiger partial charge in [0.1, 0.15) is 16.9 Å². The average Bonchev–Trinajstić information content (AvgIpc) is 3.04. The molecule has 0 atom stereocenters. The molecule has 0 saturated carbocycles. The molecule has 3 heterocycles. The molecule has 0 saturated heterocycles. The third-order valence-electron chi connectivity index (χ3n) is 3.98. The number of hydrogen-bond donors (Lipinski definition) is 0. The number of imidazole rings is 1. The summed E-state index contributed by atoms with van der Waals surface area (Å²) in [5.41, 5.74) is 2.96. The van der Waals surface area contributed by atoms with Gasteiger partial charge < -0.3 is 9.47 Å². The molecule has 0 radical (unpaired) electrons. The van der Waals surface area contributed by atoms with Gasteiger partial charge in [0.2, 0.25) is 0 Å². The number of hydrogen-bond acceptors (Lipinski definition) is 6. The molecule has 24 heavy (non-hydrogen) atoms. The maximum atomic E-state index is 4.46. The highest BCUT2D eigenvalue weighted by Gasteiger charge is 2.09. The molecule has 3 aromatic heterocycles. The van der Waals surface area contributed by atoms with Crippen LogP contribution in [0.3, 0.4) is 0 Å². The summed E-state index contributed by atoms with van der Waals surface area (Å²) in [5, 5.41) is 0.936. The van der Waals surface area contributed by atoms with Crippen LogP contribution in [0, 0.1) is 0 Å². The lowest BCUT2D eigenvalue weighted by Gasteiger charge is -2.16. The van der Waals surface area contributed by atoms with Crippen LogP contribution in [0.15, 0.2) is 42.1 Å². The second-order valence-electron chi connectivity index (χ2n) is 5.72. The summed E-state index contributed by atoms with van der Waals surface area (Å²) < 4.78 is 2.11. The minimum atomic E-state index is 0.897. The Morgan fingerprint density at radius 3 is 2.83 bits per heavy atom. The van der Waals surface area contributed by atoms with Gasteiger partial charge in [-0.2, -0.15) is 0 Å². The van der Waals surface area contributed by atoms with Gasteiger partial charge in [0, 0.05) is 31.4 Å². The van der Waals surface area contributed by atoms with Crippen LogP contribution in [0.25, 0.3) is 11.2 Å². The zero-order chi connectivity index (χ0) is 16.8. The Labute approximate surface area is 146 Å². The smallest absolute Gasteiger partial charge is 0.164 e. The molecule has 0 aliphatic heterocycles. The van der Waals surface area contributed by atoms with Crippen molar-refractivity contribution in [3.63, 3.8) is 0 Å². The van der Waals surface area contributed by atoms with Gasteiger partial charge in [-0.15, -0.1) is 11.8 Å². The van der Waals surface area contributed by atoms with Crippen LogP contribution in [0.4, 0.5) is 0 Å². The van der Waals surface area contributed by atoms with E-state index in [9.17, 15) is 0 Å². The first-order valence-corrected chi connectivity index (χ1v) is 9.28. The SMILES string of the molecule is CSc1ncnc2c1ncn2CCCN(C)CCc1ccccn1. The van der Waals surface area contributed by atoms with Crippen molar-refractivity contribution in [1.29, 1.82) is 0 Å². The summed E-state index contributed by atoms with van der Waals surface area (Å²) in [4.78, 5) is 19.8. The minimum absolute atomic E-state index is 0.897. The molecular formula is C17H22N6S. The number of pyridine rings is 1. The van der Waals surface area contributed by atoms with Crippen molar-refractivity contribution in [1.82, 2.24) is 29.4 Å². The highest BCUT2D eigenvalue weighted by molar-refractivity contribution is 7.98. The quantitative estimate of drug-likeness (QED) is 0.463. The molecule has 126 valence electrons. The minimum Gasteiger partial charge on any atom is -0.315 e. The van der Waals surface area contributed by atoms with Crippen LogP contribution in [-0.4, -0.2) is 55.8 Å². The molecule has 6 nitrogen and oxygen atoms in total. The monoisotopic (exact) mass is 342 g/mol. The Hall–Kier alpha value is -1.99. The van der Waals surface area contributed by atoms with E-state index in [2.05, 4.69) is 42.5 Å². The maximum absolute atomic E-state index is 4.46. The molecule has 0 aromatic carbocycles. The van der Waals surface area contributed by atoms with E-state index in [0.29, 0.717) is 0 Å². The second-order valence-corrected chi connectivity index (χ2v) is 6.52. The first kappa shape index (κ1) is 16.9. The highest BCUT2D eigenvalue weighted by atomic mass is 32.2. The number of aryl methyl sites for hydroxylation is 1. The molecule has 0 aliphatic rings. The third-order valence-corrected chi connectivity index (χ3v) is 4.66. The van der Waals surface area contributed by atoms with Crippen molar-refractivity contribution in [3.8, 4) is 0 Å². The zero-order valence-electron chi connectivity index (χ0n) is 14.1. The number of thioether (sulfide) groups is 1. The summed E-state index contributed by atoms with van der Waals surface area (Å²) in [6.07, 6.45) is 9.39. The van der Waals surface area contributed by atoms with Crippen LogP contribution >= 0.6 is 11.8 Å². The summed E-state index contributed by atoms with van der Waals surface area (Å²) in [7, 11) is 2.16. The van der Waals surface area contributed by atoms with Crippen molar-refractivity contribution in [2.75, 3.05) is 26.4 Å². The van der Waals surface area contributed by atoms with Crippen molar-refractivity contribution in [3.05, 3.63) is 42.7 Å². The Balaban J connectivity index is 1.49. The normalized spacial score (nSPS) is 11.5. The van der Waals surface area contributed by atoms with Crippen molar-refractivity contribution in [2.24, 2.45) is 0 Å². The summed E-state index contributed by atoms with van der Waals surface area (Å²) >= 11 is 1.60. The van der Waals surface area contributed by atoms with Gasteiger partial charge in [-0.1, -0.05) is 6.07 Å².